The van der Waals surface area contributed by atoms with E-state index in [0.717, 1.165) is 11.6 Å². The minimum atomic E-state index is -1.66. The van der Waals surface area contributed by atoms with Crippen molar-refractivity contribution in [1.29, 1.82) is 0 Å². The number of carbonyl (C=O) groups excluding carboxylic acids is 1. The Kier molecular flexibility index (Phi) is 4.01. The molecule has 2 aromatic carbocycles. The van der Waals surface area contributed by atoms with Crippen LogP contribution in [0, 0.1) is 17.5 Å². The second kappa shape index (κ2) is 6.12. The minimum Gasteiger partial charge on any atom is -0.443 e. The molecule has 23 heavy (non-hydrogen) atoms. The van der Waals surface area contributed by atoms with E-state index in [1.165, 1.54) is 6.39 Å². The zero-order valence-electron chi connectivity index (χ0n) is 11.8. The van der Waals surface area contributed by atoms with E-state index in [1.807, 2.05) is 12.1 Å². The van der Waals surface area contributed by atoms with E-state index in [-0.39, 0.29) is 6.54 Å². The Morgan fingerprint density at radius 3 is 2.78 bits per heavy atom. The summed E-state index contributed by atoms with van der Waals surface area (Å²) in [6.45, 7) is 0.209. The number of hydrogen-bond acceptors (Lipinski definition) is 3. The number of nitrogens with zero attached hydrogens (tertiary/aromatic N) is 1. The maximum atomic E-state index is 13.5. The van der Waals surface area contributed by atoms with Crippen molar-refractivity contribution in [1.82, 2.24) is 10.3 Å². The lowest BCUT2D eigenvalue weighted by Gasteiger charge is -2.07. The Labute approximate surface area is 128 Å². The maximum absolute atomic E-state index is 13.5. The van der Waals surface area contributed by atoms with Crippen molar-refractivity contribution < 1.29 is 22.4 Å². The van der Waals surface area contributed by atoms with Crippen molar-refractivity contribution in [3.63, 3.8) is 0 Å². The first kappa shape index (κ1) is 15.1. The molecule has 0 saturated heterocycles. The van der Waals surface area contributed by atoms with Crippen molar-refractivity contribution in [2.75, 3.05) is 6.54 Å². The first-order chi connectivity index (χ1) is 11.1. The van der Waals surface area contributed by atoms with Crippen LogP contribution in [-0.4, -0.2) is 17.4 Å². The van der Waals surface area contributed by atoms with Crippen LogP contribution in [0.4, 0.5) is 13.2 Å². The fraction of sp³-hybridized carbons (Fsp3) is 0.125. The predicted molar refractivity (Wildman–Crippen MR) is 76.4 cm³/mol. The summed E-state index contributed by atoms with van der Waals surface area (Å²) in [5.74, 6) is -5.29. The van der Waals surface area contributed by atoms with Gasteiger partial charge in [0.1, 0.15) is 5.52 Å². The van der Waals surface area contributed by atoms with Gasteiger partial charge in [-0.25, -0.2) is 18.2 Å². The third kappa shape index (κ3) is 3.03. The van der Waals surface area contributed by atoms with E-state index in [4.69, 9.17) is 4.42 Å². The van der Waals surface area contributed by atoms with Crippen LogP contribution in [-0.2, 0) is 6.42 Å². The zero-order chi connectivity index (χ0) is 16.4. The topological polar surface area (TPSA) is 55.1 Å². The van der Waals surface area contributed by atoms with Crippen LogP contribution in [0.3, 0.4) is 0 Å². The van der Waals surface area contributed by atoms with E-state index >= 15 is 0 Å². The van der Waals surface area contributed by atoms with Gasteiger partial charge >= 0.3 is 0 Å². The second-order valence-corrected chi connectivity index (χ2v) is 4.88. The summed E-state index contributed by atoms with van der Waals surface area (Å²) < 4.78 is 44.6. The van der Waals surface area contributed by atoms with Crippen LogP contribution in [0.25, 0.3) is 11.1 Å². The van der Waals surface area contributed by atoms with Crippen molar-refractivity contribution in [3.8, 4) is 0 Å². The Morgan fingerprint density at radius 1 is 1.13 bits per heavy atom. The van der Waals surface area contributed by atoms with Gasteiger partial charge in [-0.05, 0) is 36.2 Å². The quantitative estimate of drug-likeness (QED) is 0.751. The highest BCUT2D eigenvalue weighted by Gasteiger charge is 2.18. The summed E-state index contributed by atoms with van der Waals surface area (Å²) in [5.41, 5.74) is 1.72. The van der Waals surface area contributed by atoms with Crippen LogP contribution in [0.2, 0.25) is 0 Å². The largest absolute Gasteiger partial charge is 0.443 e. The van der Waals surface area contributed by atoms with E-state index in [9.17, 15) is 18.0 Å². The standard InChI is InChI=1S/C16H11F3N2O2/c17-11-3-2-10(14(18)15(11)19)16(22)20-6-5-9-1-4-13-12(7-9)21-8-23-13/h1-4,7-8H,5-6H2,(H,20,22). The molecule has 0 unspecified atom stereocenters. The van der Waals surface area contributed by atoms with Crippen LogP contribution < -0.4 is 5.32 Å². The molecule has 1 N–H and O–H groups in total. The van der Waals surface area contributed by atoms with E-state index in [1.54, 1.807) is 6.07 Å². The predicted octanol–water partition coefficient (Wildman–Crippen LogP) is 3.22. The second-order valence-electron chi connectivity index (χ2n) is 4.88. The molecule has 3 aromatic rings. The third-order valence-corrected chi connectivity index (χ3v) is 3.37. The number of hydrogen-bond donors (Lipinski definition) is 1. The molecule has 0 aliphatic rings. The van der Waals surface area contributed by atoms with Crippen molar-refractivity contribution in [3.05, 3.63) is 65.3 Å². The van der Waals surface area contributed by atoms with Crippen molar-refractivity contribution in [2.45, 2.75) is 6.42 Å². The molecule has 1 amide bonds. The molecule has 0 radical (unpaired) electrons. The monoisotopic (exact) mass is 320 g/mol. The zero-order valence-corrected chi connectivity index (χ0v) is 11.8. The molecular weight excluding hydrogens is 309 g/mol. The van der Waals surface area contributed by atoms with Crippen LogP contribution in [0.5, 0.6) is 0 Å². The molecule has 118 valence electrons. The first-order valence-corrected chi connectivity index (χ1v) is 6.80. The summed E-state index contributed by atoms with van der Waals surface area (Å²) in [6.07, 6.45) is 1.81. The molecule has 0 saturated carbocycles. The summed E-state index contributed by atoms with van der Waals surface area (Å²) in [6, 6.07) is 7.01. The molecule has 0 bridgehead atoms. The van der Waals surface area contributed by atoms with E-state index in [2.05, 4.69) is 10.3 Å². The lowest BCUT2D eigenvalue weighted by molar-refractivity contribution is 0.0949. The Bertz CT molecular complexity index is 877. The van der Waals surface area contributed by atoms with Crippen molar-refractivity contribution >= 4 is 17.0 Å². The average molecular weight is 320 g/mol. The van der Waals surface area contributed by atoms with Gasteiger partial charge in [0.05, 0.1) is 5.56 Å². The molecular formula is C16H11F3N2O2. The Hall–Kier alpha value is -2.83. The molecule has 0 aliphatic heterocycles. The fourth-order valence-corrected chi connectivity index (χ4v) is 2.18. The average Bonchev–Trinajstić information content (AvgIpc) is 3.00. The van der Waals surface area contributed by atoms with Crippen LogP contribution >= 0.6 is 0 Å². The number of aromatic nitrogens is 1. The smallest absolute Gasteiger partial charge is 0.254 e. The highest BCUT2D eigenvalue weighted by Crippen LogP contribution is 2.16. The van der Waals surface area contributed by atoms with Crippen molar-refractivity contribution in [2.24, 2.45) is 0 Å². The fourth-order valence-electron chi connectivity index (χ4n) is 2.18. The molecule has 3 rings (SSSR count). The van der Waals surface area contributed by atoms with Crippen LogP contribution in [0.1, 0.15) is 15.9 Å². The normalized spacial score (nSPS) is 10.9. The summed E-state index contributed by atoms with van der Waals surface area (Å²) >= 11 is 0. The van der Waals surface area contributed by atoms with Crippen LogP contribution in [0.15, 0.2) is 41.1 Å². The molecule has 4 nitrogen and oxygen atoms in total. The molecule has 0 fully saturated rings. The molecule has 1 heterocycles. The summed E-state index contributed by atoms with van der Waals surface area (Å²) in [7, 11) is 0. The number of benzene rings is 2. The Balaban J connectivity index is 1.64. The number of rotatable bonds is 4. The highest BCUT2D eigenvalue weighted by atomic mass is 19.2. The number of nitrogens with one attached hydrogen (secondary N) is 1. The van der Waals surface area contributed by atoms with Gasteiger partial charge in [-0.3, -0.25) is 4.79 Å². The van der Waals surface area contributed by atoms with Gasteiger partial charge in [0.15, 0.2) is 29.4 Å². The van der Waals surface area contributed by atoms with E-state index < -0.39 is 28.9 Å². The SMILES string of the molecule is O=C(NCCc1ccc2ocnc2c1)c1ccc(F)c(F)c1F. The van der Waals surface area contributed by atoms with Gasteiger partial charge in [0.2, 0.25) is 0 Å². The molecule has 0 atom stereocenters. The number of fused-ring (bicyclic) bond motifs is 1. The maximum Gasteiger partial charge on any atom is 0.254 e. The molecule has 0 spiro atoms. The number of carbonyl (C=O) groups is 1. The lowest BCUT2D eigenvalue weighted by Crippen LogP contribution is -2.27. The van der Waals surface area contributed by atoms with Gasteiger partial charge in [-0.15, -0.1) is 0 Å². The highest BCUT2D eigenvalue weighted by molar-refractivity contribution is 5.94. The minimum absolute atomic E-state index is 0.209. The Morgan fingerprint density at radius 2 is 1.96 bits per heavy atom. The van der Waals surface area contributed by atoms with Gasteiger partial charge in [-0.1, -0.05) is 6.07 Å². The number of amides is 1. The molecule has 1 aromatic heterocycles. The van der Waals surface area contributed by atoms with Gasteiger partial charge in [0.25, 0.3) is 5.91 Å². The van der Waals surface area contributed by atoms with Gasteiger partial charge < -0.3 is 9.73 Å². The van der Waals surface area contributed by atoms with Gasteiger partial charge in [-0.2, -0.15) is 0 Å². The lowest BCUT2D eigenvalue weighted by atomic mass is 10.1. The molecule has 7 heteroatoms. The third-order valence-electron chi connectivity index (χ3n) is 3.37. The number of oxazole rings is 1. The summed E-state index contributed by atoms with van der Waals surface area (Å²) in [5, 5.41) is 2.46. The van der Waals surface area contributed by atoms with Gasteiger partial charge in [0, 0.05) is 6.54 Å². The first-order valence-electron chi connectivity index (χ1n) is 6.80. The number of halogens is 3. The van der Waals surface area contributed by atoms with E-state index in [0.29, 0.717) is 23.6 Å². The summed E-state index contributed by atoms with van der Waals surface area (Å²) in [4.78, 5) is 15.8. The molecule has 0 aliphatic carbocycles.